The van der Waals surface area contributed by atoms with Crippen molar-refractivity contribution in [3.63, 3.8) is 0 Å². The zero-order chi connectivity index (χ0) is 10.7. The van der Waals surface area contributed by atoms with Gasteiger partial charge >= 0.3 is 19.8 Å². The number of carbonyl (C=O) groups excluding carboxylic acids is 3. The van der Waals surface area contributed by atoms with Gasteiger partial charge in [0.25, 0.3) is 0 Å². The molecule has 0 rings (SSSR count). The average Bonchev–Trinajstić information content (AvgIpc) is 1.54. The molecule has 11 heteroatoms. The van der Waals surface area contributed by atoms with Crippen LogP contribution in [-0.2, 0) is 14.4 Å². The quantitative estimate of drug-likeness (QED) is 0.391. The van der Waals surface area contributed by atoms with Gasteiger partial charge in [0.2, 0.25) is 0 Å². The molecule has 0 aromatic heterocycles. The minimum Gasteiger partial charge on any atom is -0.550 e. The zero-order valence-corrected chi connectivity index (χ0v) is 11.9. The van der Waals surface area contributed by atoms with E-state index in [9.17, 15) is 0 Å². The topological polar surface area (TPSA) is 246 Å². The minimum absolute atomic E-state index is 0. The van der Waals surface area contributed by atoms with Crippen molar-refractivity contribution < 1.29 is 51.6 Å². The molecule has 0 saturated heterocycles. The van der Waals surface area contributed by atoms with Crippen LogP contribution in [0.25, 0.3) is 0 Å². The van der Waals surface area contributed by atoms with Gasteiger partial charge in [0.05, 0.1) is 0 Å². The van der Waals surface area contributed by atoms with E-state index in [0.29, 0.717) is 0 Å². The number of aliphatic carboxylic acids is 3. The normalized spacial score (nSPS) is 4.41. The summed E-state index contributed by atoms with van der Waals surface area (Å²) in [6, 6.07) is 0. The Bertz CT molecular complexity index is 118. The maximum Gasteiger partial charge on any atom is 3.00 e. The van der Waals surface area contributed by atoms with Gasteiger partial charge < -0.3 is 51.6 Å². The molecule has 0 spiro atoms. The number of carbonyl (C=O) groups is 3. The van der Waals surface area contributed by atoms with Crippen molar-refractivity contribution in [2.45, 2.75) is 20.8 Å². The average molecular weight is 319 g/mol. The van der Waals surface area contributed by atoms with Gasteiger partial charge in [0.1, 0.15) is 0 Å². The summed E-state index contributed by atoms with van der Waals surface area (Å²) >= 11 is 0. The molecule has 0 heterocycles. The van der Waals surface area contributed by atoms with Crippen LogP contribution in [-0.4, -0.2) is 59.6 Å². The first kappa shape index (κ1) is 56.6. The Morgan fingerprint density at radius 2 is 0.588 bits per heavy atom. The Labute approximate surface area is 111 Å². The van der Waals surface area contributed by atoms with Gasteiger partial charge in [-0.25, -0.2) is 0 Å². The van der Waals surface area contributed by atoms with E-state index in [-0.39, 0.29) is 41.7 Å². The summed E-state index contributed by atoms with van der Waals surface area (Å²) in [5.41, 5.74) is 0. The van der Waals surface area contributed by atoms with Crippen molar-refractivity contribution in [3.8, 4) is 0 Å². The molecule has 0 bridgehead atoms. The fourth-order valence-electron chi connectivity index (χ4n) is 0. The van der Waals surface area contributed by atoms with Crippen LogP contribution in [0.1, 0.15) is 20.8 Å². The van der Waals surface area contributed by atoms with E-state index < -0.39 is 17.9 Å². The monoisotopic (exact) mass is 318 g/mol. The van der Waals surface area contributed by atoms with Gasteiger partial charge in [-0.2, -0.15) is 0 Å². The molecular weight excluding hydrogens is 302 g/mol. The smallest absolute Gasteiger partial charge is 0.550 e. The largest absolute Gasteiger partial charge is 3.00 e. The molecule has 17 heavy (non-hydrogen) atoms. The first-order chi connectivity index (χ1) is 5.20. The van der Waals surface area contributed by atoms with Crippen LogP contribution in [0.4, 0.5) is 0 Å². The standard InChI is InChI=1S/3C2H4O2.Ga.4H2O/c3*1-2(3)4;;;;;/h3*1H3,(H,3,4);;4*1H2/q;;;+3;;;;/p-3. The Morgan fingerprint density at radius 1 is 0.588 bits per heavy atom. The molecule has 0 aromatic rings. The second-order valence-corrected chi connectivity index (χ2v) is 1.47. The van der Waals surface area contributed by atoms with Crippen molar-refractivity contribution in [1.82, 2.24) is 0 Å². The van der Waals surface area contributed by atoms with Crippen LogP contribution in [0.3, 0.4) is 0 Å². The summed E-state index contributed by atoms with van der Waals surface area (Å²) in [5.74, 6) is -3.25. The van der Waals surface area contributed by atoms with E-state index in [4.69, 9.17) is 29.7 Å². The van der Waals surface area contributed by atoms with Crippen molar-refractivity contribution >= 4 is 37.7 Å². The van der Waals surface area contributed by atoms with Crippen molar-refractivity contribution in [2.75, 3.05) is 0 Å². The maximum atomic E-state index is 8.89. The van der Waals surface area contributed by atoms with Gasteiger partial charge in [-0.15, -0.1) is 0 Å². The van der Waals surface area contributed by atoms with E-state index in [1.165, 1.54) is 0 Å². The molecule has 10 nitrogen and oxygen atoms in total. The SMILES string of the molecule is CC(=O)[O-].CC(=O)[O-].CC(=O)[O-].O.O.O.O.[Ga+3]. The molecule has 0 unspecified atom stereocenters. The Kier molecular flexibility index (Phi) is 154. The molecule has 0 aliphatic rings. The van der Waals surface area contributed by atoms with Gasteiger partial charge in [-0.05, 0) is 20.8 Å². The second kappa shape index (κ2) is 46.2. The van der Waals surface area contributed by atoms with Gasteiger partial charge in [0.15, 0.2) is 0 Å². The predicted molar refractivity (Wildman–Crippen MR) is 52.3 cm³/mol. The van der Waals surface area contributed by atoms with Crippen LogP contribution in [0, 0.1) is 0 Å². The first-order valence-electron chi connectivity index (χ1n) is 2.72. The second-order valence-electron chi connectivity index (χ2n) is 1.47. The van der Waals surface area contributed by atoms with E-state index in [1.807, 2.05) is 0 Å². The van der Waals surface area contributed by atoms with Gasteiger partial charge in [-0.1, -0.05) is 0 Å². The summed E-state index contributed by atoms with van der Waals surface area (Å²) in [6.07, 6.45) is 0. The molecule has 8 N–H and O–H groups in total. The van der Waals surface area contributed by atoms with E-state index in [0.717, 1.165) is 20.8 Å². The summed E-state index contributed by atoms with van der Waals surface area (Å²) < 4.78 is 0. The molecule has 0 atom stereocenters. The fraction of sp³-hybridized carbons (Fsp3) is 0.500. The summed E-state index contributed by atoms with van der Waals surface area (Å²) in [6.45, 7) is 2.92. The van der Waals surface area contributed by atoms with Gasteiger partial charge in [0, 0.05) is 17.9 Å². The minimum atomic E-state index is -1.08. The number of hydrogen-bond donors (Lipinski definition) is 0. The Morgan fingerprint density at radius 3 is 0.588 bits per heavy atom. The number of carboxylic acid groups (broad SMARTS) is 3. The third kappa shape index (κ3) is 1990. The maximum absolute atomic E-state index is 8.89. The number of rotatable bonds is 0. The van der Waals surface area contributed by atoms with E-state index in [2.05, 4.69) is 0 Å². The van der Waals surface area contributed by atoms with E-state index in [1.54, 1.807) is 0 Å². The van der Waals surface area contributed by atoms with Crippen molar-refractivity contribution in [2.24, 2.45) is 0 Å². The molecule has 0 radical (unpaired) electrons. The third-order valence-corrected chi connectivity index (χ3v) is 0. The fourth-order valence-corrected chi connectivity index (χ4v) is 0. The molecule has 0 amide bonds. The molecule has 0 fully saturated rings. The molecule has 104 valence electrons. The third-order valence-electron chi connectivity index (χ3n) is 0. The zero-order valence-electron chi connectivity index (χ0n) is 9.53. The summed E-state index contributed by atoms with van der Waals surface area (Å²) in [5, 5.41) is 26.7. The van der Waals surface area contributed by atoms with Crippen LogP contribution in [0.2, 0.25) is 0 Å². The number of carboxylic acids is 3. The van der Waals surface area contributed by atoms with Crippen molar-refractivity contribution in [3.05, 3.63) is 0 Å². The summed E-state index contributed by atoms with van der Waals surface area (Å²) in [4.78, 5) is 26.7. The van der Waals surface area contributed by atoms with E-state index >= 15 is 0 Å². The molecule has 0 aromatic carbocycles. The van der Waals surface area contributed by atoms with Crippen LogP contribution in [0.15, 0.2) is 0 Å². The predicted octanol–water partition coefficient (Wildman–Crippen LogP) is -7.41. The molecule has 0 aliphatic heterocycles. The number of hydrogen-bond acceptors (Lipinski definition) is 6. The summed E-state index contributed by atoms with van der Waals surface area (Å²) in [7, 11) is 0. The van der Waals surface area contributed by atoms with Crippen LogP contribution >= 0.6 is 0 Å². The van der Waals surface area contributed by atoms with Crippen LogP contribution < -0.4 is 15.3 Å². The molecular formula is C6H17GaO10. The molecule has 0 aliphatic carbocycles. The first-order valence-corrected chi connectivity index (χ1v) is 2.72. The van der Waals surface area contributed by atoms with Gasteiger partial charge in [-0.3, -0.25) is 0 Å². The van der Waals surface area contributed by atoms with Crippen LogP contribution in [0.5, 0.6) is 0 Å². The Hall–Kier alpha value is -1.11. The molecule has 0 saturated carbocycles. The van der Waals surface area contributed by atoms with Crippen molar-refractivity contribution in [1.29, 1.82) is 0 Å². The Balaban J connectivity index is -0.0000000104.